The largest absolute Gasteiger partial charge is 0.467 e. The van der Waals surface area contributed by atoms with Crippen LogP contribution in [-0.2, 0) is 16.4 Å². The summed E-state index contributed by atoms with van der Waals surface area (Å²) in [5.74, 6) is -0.113. The zero-order chi connectivity index (χ0) is 25.4. The Hall–Kier alpha value is -4.28. The predicted molar refractivity (Wildman–Crippen MR) is 124 cm³/mol. The van der Waals surface area contributed by atoms with Gasteiger partial charge < -0.3 is 15.8 Å². The lowest BCUT2D eigenvalue weighted by molar-refractivity contribution is -0.137. The molecule has 11 heteroatoms. The summed E-state index contributed by atoms with van der Waals surface area (Å²) in [4.78, 5) is 28.4. The zero-order valence-electron chi connectivity index (χ0n) is 19.0. The van der Waals surface area contributed by atoms with Crippen LogP contribution in [0.5, 0.6) is 6.01 Å². The molecular weight excluding hydrogens is 461 g/mol. The van der Waals surface area contributed by atoms with Crippen molar-refractivity contribution >= 4 is 28.4 Å². The van der Waals surface area contributed by atoms with Crippen LogP contribution in [0.3, 0.4) is 0 Å². The van der Waals surface area contributed by atoms with Gasteiger partial charge in [0.15, 0.2) is 5.65 Å². The Bertz CT molecular complexity index is 1410. The molecule has 0 radical (unpaired) electrons. The van der Waals surface area contributed by atoms with Crippen molar-refractivity contribution in [3.8, 4) is 17.4 Å². The first-order valence-corrected chi connectivity index (χ1v) is 10.4. The lowest BCUT2D eigenvalue weighted by Crippen LogP contribution is -2.35. The zero-order valence-corrected chi connectivity index (χ0v) is 19.0. The molecule has 180 valence electrons. The normalized spacial score (nSPS) is 11.9. The number of amides is 1. The van der Waals surface area contributed by atoms with E-state index in [9.17, 15) is 18.0 Å². The molecule has 0 unspecified atom stereocenters. The lowest BCUT2D eigenvalue weighted by Gasteiger charge is -2.21. The predicted octanol–water partition coefficient (Wildman–Crippen LogP) is 4.62. The van der Waals surface area contributed by atoms with Crippen LogP contribution >= 0.6 is 0 Å². The van der Waals surface area contributed by atoms with E-state index in [0.29, 0.717) is 16.9 Å². The van der Waals surface area contributed by atoms with Gasteiger partial charge >= 0.3 is 12.2 Å². The number of anilines is 2. The van der Waals surface area contributed by atoms with Crippen molar-refractivity contribution in [2.75, 3.05) is 12.4 Å². The van der Waals surface area contributed by atoms with Crippen LogP contribution in [0.25, 0.3) is 22.4 Å². The molecule has 0 bridgehead atoms. The van der Waals surface area contributed by atoms with Crippen LogP contribution in [0.2, 0.25) is 0 Å². The number of rotatable bonds is 6. The number of primary amides is 1. The molecule has 0 saturated carbocycles. The quantitative estimate of drug-likeness (QED) is 0.412. The number of aromatic nitrogens is 4. The average Bonchev–Trinajstić information content (AvgIpc) is 2.83. The molecule has 0 spiro atoms. The number of carbonyl (C=O) groups excluding carboxylic acids is 1. The molecule has 0 fully saturated rings. The van der Waals surface area contributed by atoms with E-state index >= 15 is 0 Å². The van der Waals surface area contributed by atoms with Crippen molar-refractivity contribution in [3.05, 3.63) is 65.9 Å². The van der Waals surface area contributed by atoms with E-state index in [4.69, 9.17) is 10.5 Å². The minimum Gasteiger partial charge on any atom is -0.467 e. The molecular formula is C24H21F3N6O2. The fourth-order valence-corrected chi connectivity index (χ4v) is 3.40. The van der Waals surface area contributed by atoms with E-state index in [1.165, 1.54) is 25.4 Å². The van der Waals surface area contributed by atoms with Crippen LogP contribution in [0.1, 0.15) is 25.0 Å². The second-order valence-electron chi connectivity index (χ2n) is 8.22. The minimum atomic E-state index is -4.59. The third-order valence-electron chi connectivity index (χ3n) is 5.56. The molecule has 1 amide bonds. The second-order valence-corrected chi connectivity index (χ2v) is 8.22. The average molecular weight is 482 g/mol. The smallest absolute Gasteiger partial charge is 0.418 e. The summed E-state index contributed by atoms with van der Waals surface area (Å²) in [6.07, 6.45) is -3.32. The van der Waals surface area contributed by atoms with Gasteiger partial charge in [0.25, 0.3) is 0 Å². The number of nitrogens with two attached hydrogens (primary N) is 1. The molecule has 0 aliphatic rings. The number of halogens is 3. The van der Waals surface area contributed by atoms with Crippen LogP contribution in [0, 0.1) is 0 Å². The Kier molecular flexibility index (Phi) is 6.01. The summed E-state index contributed by atoms with van der Waals surface area (Å²) in [6, 6.07) is 12.2. The molecule has 1 aromatic carbocycles. The molecule has 4 rings (SSSR count). The Morgan fingerprint density at radius 2 is 1.71 bits per heavy atom. The number of pyridine rings is 2. The maximum Gasteiger partial charge on any atom is 0.418 e. The summed E-state index contributed by atoms with van der Waals surface area (Å²) < 4.78 is 45.6. The molecule has 8 nitrogen and oxygen atoms in total. The van der Waals surface area contributed by atoms with Crippen LogP contribution in [0.4, 0.5) is 24.7 Å². The van der Waals surface area contributed by atoms with Gasteiger partial charge in [-0.05, 0) is 55.8 Å². The van der Waals surface area contributed by atoms with Gasteiger partial charge in [-0.1, -0.05) is 12.1 Å². The second kappa shape index (κ2) is 8.82. The summed E-state index contributed by atoms with van der Waals surface area (Å²) in [5, 5.41) is 3.60. The molecule has 0 aliphatic heterocycles. The highest BCUT2D eigenvalue weighted by atomic mass is 19.4. The SMILES string of the molecule is COc1nc(Nc2ccc(C(C)(C)C(N)=O)cc2)c2ccc(-c3ncccc3C(F)(F)F)nc2n1. The maximum absolute atomic E-state index is 13.5. The maximum atomic E-state index is 13.5. The number of carbonyl (C=O) groups is 1. The number of hydrogen-bond donors (Lipinski definition) is 2. The molecule has 3 aromatic heterocycles. The van der Waals surface area contributed by atoms with Gasteiger partial charge in [-0.3, -0.25) is 9.78 Å². The van der Waals surface area contributed by atoms with Crippen molar-refractivity contribution in [2.45, 2.75) is 25.4 Å². The molecule has 4 aromatic rings. The van der Waals surface area contributed by atoms with E-state index in [1.807, 2.05) is 0 Å². The summed E-state index contributed by atoms with van der Waals surface area (Å²) in [5.41, 5.74) is 4.96. The Morgan fingerprint density at radius 1 is 1.00 bits per heavy atom. The number of alkyl halides is 3. The Balaban J connectivity index is 1.75. The third kappa shape index (κ3) is 4.70. The van der Waals surface area contributed by atoms with Crippen molar-refractivity contribution in [2.24, 2.45) is 5.73 Å². The molecule has 0 aliphatic carbocycles. The number of nitrogens with one attached hydrogen (secondary N) is 1. The Labute approximate surface area is 198 Å². The van der Waals surface area contributed by atoms with Gasteiger partial charge in [0.05, 0.1) is 29.2 Å². The first-order valence-electron chi connectivity index (χ1n) is 10.4. The van der Waals surface area contributed by atoms with Gasteiger partial charge in [0, 0.05) is 11.9 Å². The van der Waals surface area contributed by atoms with E-state index in [-0.39, 0.29) is 23.0 Å². The van der Waals surface area contributed by atoms with Crippen molar-refractivity contribution < 1.29 is 22.7 Å². The monoisotopic (exact) mass is 482 g/mol. The number of ether oxygens (including phenoxy) is 1. The standard InChI is InChI=1S/C24H21F3N6O2/c1-23(2,21(28)34)13-6-8-14(9-7-13)30-19-15-10-11-17(31-20(15)33-22(32-19)35-3)18-16(24(25,26)27)5-4-12-29-18/h4-12H,1-3H3,(H2,28,34)(H,30,31,32,33). The highest BCUT2D eigenvalue weighted by Gasteiger charge is 2.34. The molecule has 0 saturated heterocycles. The first-order chi connectivity index (χ1) is 16.5. The van der Waals surface area contributed by atoms with Gasteiger partial charge in [-0.25, -0.2) is 4.98 Å². The lowest BCUT2D eigenvalue weighted by atomic mass is 9.84. The highest BCUT2D eigenvalue weighted by molar-refractivity contribution is 5.90. The number of hydrogen-bond acceptors (Lipinski definition) is 7. The molecule has 3 N–H and O–H groups in total. The number of methoxy groups -OCH3 is 1. The first kappa shape index (κ1) is 23.9. The summed E-state index contributed by atoms with van der Waals surface area (Å²) in [7, 11) is 1.37. The summed E-state index contributed by atoms with van der Waals surface area (Å²) >= 11 is 0. The number of fused-ring (bicyclic) bond motifs is 1. The van der Waals surface area contributed by atoms with Crippen molar-refractivity contribution in [1.29, 1.82) is 0 Å². The molecule has 3 heterocycles. The van der Waals surface area contributed by atoms with Crippen molar-refractivity contribution in [3.63, 3.8) is 0 Å². The highest BCUT2D eigenvalue weighted by Crippen LogP contribution is 2.36. The third-order valence-corrected chi connectivity index (χ3v) is 5.56. The van der Waals surface area contributed by atoms with Crippen LogP contribution in [0.15, 0.2) is 54.7 Å². The summed E-state index contributed by atoms with van der Waals surface area (Å²) in [6.45, 7) is 3.46. The van der Waals surface area contributed by atoms with E-state index in [2.05, 4.69) is 25.3 Å². The van der Waals surface area contributed by atoms with Gasteiger partial charge in [-0.15, -0.1) is 0 Å². The fraction of sp³-hybridized carbons (Fsp3) is 0.208. The van der Waals surface area contributed by atoms with Gasteiger partial charge in [0.2, 0.25) is 5.91 Å². The van der Waals surface area contributed by atoms with Gasteiger partial charge in [0.1, 0.15) is 11.5 Å². The number of nitrogens with zero attached hydrogens (tertiary/aromatic N) is 4. The fourth-order valence-electron chi connectivity index (χ4n) is 3.40. The van der Waals surface area contributed by atoms with Gasteiger partial charge in [-0.2, -0.15) is 23.1 Å². The molecule has 0 atom stereocenters. The van der Waals surface area contributed by atoms with E-state index in [1.54, 1.807) is 44.2 Å². The molecule has 35 heavy (non-hydrogen) atoms. The van der Waals surface area contributed by atoms with Crippen LogP contribution < -0.4 is 15.8 Å². The van der Waals surface area contributed by atoms with E-state index < -0.39 is 23.1 Å². The van der Waals surface area contributed by atoms with Crippen LogP contribution in [-0.4, -0.2) is 33.0 Å². The number of benzene rings is 1. The topological polar surface area (TPSA) is 116 Å². The van der Waals surface area contributed by atoms with Crippen molar-refractivity contribution in [1.82, 2.24) is 19.9 Å². The van der Waals surface area contributed by atoms with E-state index in [0.717, 1.165) is 11.6 Å². The minimum absolute atomic E-state index is 0.00941. The Morgan fingerprint density at radius 3 is 2.34 bits per heavy atom.